The van der Waals surface area contributed by atoms with Crippen LogP contribution in [0.25, 0.3) is 5.57 Å². The number of hydrogen-bond donors (Lipinski definition) is 0. The van der Waals surface area contributed by atoms with Crippen LogP contribution in [0.4, 0.5) is 15.8 Å². The van der Waals surface area contributed by atoms with E-state index in [1.54, 1.807) is 0 Å². The monoisotopic (exact) mass is 442 g/mol. The van der Waals surface area contributed by atoms with Gasteiger partial charge in [-0.15, -0.1) is 0 Å². The molecule has 0 bridgehead atoms. The molecular weight excluding hydrogens is 419 g/mol. The van der Waals surface area contributed by atoms with Crippen LogP contribution in [-0.2, 0) is 16.0 Å². The van der Waals surface area contributed by atoms with Crippen molar-refractivity contribution in [1.82, 2.24) is 0 Å². The minimum absolute atomic E-state index is 0.336. The van der Waals surface area contributed by atoms with Crippen molar-refractivity contribution in [1.29, 1.82) is 0 Å². The second-order valence-electron chi connectivity index (χ2n) is 8.05. The minimum atomic E-state index is -0.428. The summed E-state index contributed by atoms with van der Waals surface area (Å²) < 4.78 is 19.2. The first-order valence-corrected chi connectivity index (χ1v) is 11.1. The van der Waals surface area contributed by atoms with Crippen molar-refractivity contribution >= 4 is 28.8 Å². The van der Waals surface area contributed by atoms with Crippen LogP contribution in [0.1, 0.15) is 24.5 Å². The van der Waals surface area contributed by atoms with E-state index >= 15 is 0 Å². The molecule has 0 saturated carbocycles. The van der Waals surface area contributed by atoms with Gasteiger partial charge in [0.05, 0.1) is 17.9 Å². The fraction of sp³-hybridized carbons (Fsp3) is 0.185. The van der Waals surface area contributed by atoms with Crippen LogP contribution in [-0.4, -0.2) is 25.0 Å². The summed E-state index contributed by atoms with van der Waals surface area (Å²) in [4.78, 5) is 30.4. The lowest BCUT2D eigenvalue weighted by Crippen LogP contribution is -2.34. The molecule has 0 radical (unpaired) electrons. The molecular formula is C27H23FN2O3. The minimum Gasteiger partial charge on any atom is -0.494 e. The van der Waals surface area contributed by atoms with Gasteiger partial charge in [-0.05, 0) is 66.4 Å². The summed E-state index contributed by atoms with van der Waals surface area (Å²) in [6.45, 7) is 3.24. The average Bonchev–Trinajstić information content (AvgIpc) is 3.37. The highest BCUT2D eigenvalue weighted by molar-refractivity contribution is 6.46. The number of halogens is 1. The number of ether oxygens (including phenoxy) is 1. The predicted octanol–water partition coefficient (Wildman–Crippen LogP) is 4.96. The lowest BCUT2D eigenvalue weighted by atomic mass is 10.0. The third kappa shape index (κ3) is 3.67. The molecule has 0 N–H and O–H groups in total. The van der Waals surface area contributed by atoms with E-state index in [1.165, 1.54) is 24.3 Å². The van der Waals surface area contributed by atoms with Crippen molar-refractivity contribution in [2.45, 2.75) is 19.8 Å². The zero-order valence-corrected chi connectivity index (χ0v) is 18.3. The van der Waals surface area contributed by atoms with Gasteiger partial charge in [0.25, 0.3) is 11.8 Å². The molecule has 0 saturated heterocycles. The summed E-state index contributed by atoms with van der Waals surface area (Å²) in [7, 11) is 0. The topological polar surface area (TPSA) is 49.9 Å². The van der Waals surface area contributed by atoms with Gasteiger partial charge >= 0.3 is 0 Å². The molecule has 0 spiro atoms. The van der Waals surface area contributed by atoms with E-state index in [0.29, 0.717) is 41.4 Å². The maximum absolute atomic E-state index is 13.7. The molecule has 2 aliphatic heterocycles. The highest BCUT2D eigenvalue weighted by Gasteiger charge is 2.44. The number of carbonyl (C=O) groups is 2. The highest BCUT2D eigenvalue weighted by Crippen LogP contribution is 2.40. The van der Waals surface area contributed by atoms with Crippen LogP contribution >= 0.6 is 0 Å². The molecule has 0 aromatic heterocycles. The molecule has 0 aliphatic carbocycles. The summed E-state index contributed by atoms with van der Waals surface area (Å²) in [5, 5.41) is 0. The molecule has 2 amide bonds. The molecule has 2 aliphatic rings. The molecule has 6 heteroatoms. The summed E-state index contributed by atoms with van der Waals surface area (Å²) in [6.07, 6.45) is 1.68. The summed E-state index contributed by atoms with van der Waals surface area (Å²) in [5.74, 6) is -0.554. The number of hydrogen-bond acceptors (Lipinski definition) is 4. The van der Waals surface area contributed by atoms with Crippen LogP contribution in [0.5, 0.6) is 5.75 Å². The van der Waals surface area contributed by atoms with Crippen LogP contribution in [0.2, 0.25) is 0 Å². The fourth-order valence-electron chi connectivity index (χ4n) is 4.36. The first-order chi connectivity index (χ1) is 16.1. The maximum atomic E-state index is 13.7. The molecule has 3 aromatic rings. The fourth-order valence-corrected chi connectivity index (χ4v) is 4.36. The average molecular weight is 442 g/mol. The Labute approximate surface area is 191 Å². The quantitative estimate of drug-likeness (QED) is 0.506. The predicted molar refractivity (Wildman–Crippen MR) is 126 cm³/mol. The number of nitrogens with zero attached hydrogens (tertiary/aromatic N) is 2. The largest absolute Gasteiger partial charge is 0.494 e. The number of fused-ring (bicyclic) bond motifs is 1. The Kier molecular flexibility index (Phi) is 5.42. The number of imide groups is 1. The number of anilines is 2. The molecule has 2 heterocycles. The molecule has 166 valence electrons. The number of carbonyl (C=O) groups excluding carboxylic acids is 2. The SMILES string of the molecule is CCCOc1ccc(C2=C(N3CCc4ccccc43)C(=O)N(c3ccc(F)cc3)C2=O)cc1. The first kappa shape index (κ1) is 20.9. The summed E-state index contributed by atoms with van der Waals surface area (Å²) in [6, 6.07) is 20.5. The van der Waals surface area contributed by atoms with Crippen LogP contribution in [0, 0.1) is 5.82 Å². The Morgan fingerprint density at radius 1 is 0.909 bits per heavy atom. The van der Waals surface area contributed by atoms with E-state index in [2.05, 4.69) is 0 Å². The van der Waals surface area contributed by atoms with Crippen molar-refractivity contribution in [3.05, 3.63) is 95.4 Å². The van der Waals surface area contributed by atoms with E-state index in [9.17, 15) is 14.0 Å². The Hall–Kier alpha value is -3.93. The van der Waals surface area contributed by atoms with Gasteiger partial charge in [0.15, 0.2) is 0 Å². The third-order valence-electron chi connectivity index (χ3n) is 5.92. The number of benzene rings is 3. The van der Waals surface area contributed by atoms with Gasteiger partial charge in [-0.25, -0.2) is 9.29 Å². The van der Waals surface area contributed by atoms with E-state index in [-0.39, 0.29) is 0 Å². The van der Waals surface area contributed by atoms with Gasteiger partial charge in [-0.1, -0.05) is 37.3 Å². The van der Waals surface area contributed by atoms with Crippen molar-refractivity contribution in [3.63, 3.8) is 0 Å². The second-order valence-corrected chi connectivity index (χ2v) is 8.05. The second kappa shape index (κ2) is 8.54. The molecule has 0 fully saturated rings. The number of para-hydroxylation sites is 1. The van der Waals surface area contributed by atoms with Crippen molar-refractivity contribution in [2.24, 2.45) is 0 Å². The van der Waals surface area contributed by atoms with Gasteiger partial charge in [-0.2, -0.15) is 0 Å². The lowest BCUT2D eigenvalue weighted by Gasteiger charge is -2.21. The summed E-state index contributed by atoms with van der Waals surface area (Å²) in [5.41, 5.74) is 3.72. The van der Waals surface area contributed by atoms with Gasteiger partial charge in [0.1, 0.15) is 17.3 Å². The van der Waals surface area contributed by atoms with Crippen molar-refractivity contribution in [2.75, 3.05) is 23.0 Å². The zero-order chi connectivity index (χ0) is 22.9. The Bertz CT molecular complexity index is 1250. The molecule has 3 aromatic carbocycles. The molecule has 5 rings (SSSR count). The normalized spacial score (nSPS) is 15.5. The molecule has 0 atom stereocenters. The van der Waals surface area contributed by atoms with E-state index in [1.807, 2.05) is 60.4 Å². The smallest absolute Gasteiger partial charge is 0.282 e. The van der Waals surface area contributed by atoms with Crippen LogP contribution in [0.3, 0.4) is 0 Å². The Morgan fingerprint density at radius 2 is 1.64 bits per heavy atom. The molecule has 5 nitrogen and oxygen atoms in total. The summed E-state index contributed by atoms with van der Waals surface area (Å²) >= 11 is 0. The maximum Gasteiger partial charge on any atom is 0.282 e. The van der Waals surface area contributed by atoms with Gasteiger partial charge < -0.3 is 9.64 Å². The Morgan fingerprint density at radius 3 is 2.36 bits per heavy atom. The van der Waals surface area contributed by atoms with E-state index in [0.717, 1.165) is 29.0 Å². The standard InChI is InChI=1S/C27H23FN2O3/c1-2-17-33-22-13-7-19(8-14-22)24-25(29-16-15-18-5-3-4-6-23(18)29)27(32)30(26(24)31)21-11-9-20(28)10-12-21/h3-14H,2,15-17H2,1H3. The van der Waals surface area contributed by atoms with Crippen LogP contribution in [0.15, 0.2) is 78.5 Å². The lowest BCUT2D eigenvalue weighted by molar-refractivity contribution is -0.120. The molecule has 0 unspecified atom stereocenters. The van der Waals surface area contributed by atoms with E-state index in [4.69, 9.17) is 4.74 Å². The highest BCUT2D eigenvalue weighted by atomic mass is 19.1. The van der Waals surface area contributed by atoms with Gasteiger partial charge in [0.2, 0.25) is 0 Å². The van der Waals surface area contributed by atoms with Gasteiger partial charge in [0, 0.05) is 12.2 Å². The van der Waals surface area contributed by atoms with Crippen molar-refractivity contribution in [3.8, 4) is 5.75 Å². The van der Waals surface area contributed by atoms with Gasteiger partial charge in [-0.3, -0.25) is 9.59 Å². The van der Waals surface area contributed by atoms with Crippen molar-refractivity contribution < 1.29 is 18.7 Å². The number of amides is 2. The zero-order valence-electron chi connectivity index (χ0n) is 18.3. The number of rotatable bonds is 6. The van der Waals surface area contributed by atoms with Crippen LogP contribution < -0.4 is 14.5 Å². The first-order valence-electron chi connectivity index (χ1n) is 11.1. The third-order valence-corrected chi connectivity index (χ3v) is 5.92. The Balaban J connectivity index is 1.61. The molecule has 33 heavy (non-hydrogen) atoms. The van der Waals surface area contributed by atoms with E-state index < -0.39 is 17.6 Å².